The van der Waals surface area contributed by atoms with E-state index >= 15 is 0 Å². The normalized spacial score (nSPS) is 17.6. The average Bonchev–Trinajstić information content (AvgIpc) is 3.27. The lowest BCUT2D eigenvalue weighted by molar-refractivity contribution is -0.137. The van der Waals surface area contributed by atoms with E-state index in [0.717, 1.165) is 34.1 Å². The predicted octanol–water partition coefficient (Wildman–Crippen LogP) is 6.56. The van der Waals surface area contributed by atoms with E-state index in [2.05, 4.69) is 30.3 Å². The van der Waals surface area contributed by atoms with Crippen LogP contribution >= 0.6 is 11.6 Å². The fraction of sp³-hybridized carbons (Fsp3) is 0.344. The van der Waals surface area contributed by atoms with Crippen molar-refractivity contribution >= 4 is 54.5 Å². The zero-order valence-corrected chi connectivity index (χ0v) is 28.4. The number of benzene rings is 3. The molecule has 3 N–H and O–H groups in total. The number of nitrogens with one attached hydrogen (secondary N) is 2. The van der Waals surface area contributed by atoms with Crippen molar-refractivity contribution in [3.05, 3.63) is 86.9 Å². The lowest BCUT2D eigenvalue weighted by Crippen LogP contribution is -2.49. The molecular formula is C32H30ClF7N4O5Si. The van der Waals surface area contributed by atoms with Crippen molar-refractivity contribution in [3.8, 4) is 0 Å². The molecule has 0 saturated carbocycles. The van der Waals surface area contributed by atoms with Crippen LogP contribution in [0.2, 0.25) is 30.7 Å². The minimum atomic E-state index is -5.04. The van der Waals surface area contributed by atoms with Gasteiger partial charge in [0, 0.05) is 36.4 Å². The molecule has 18 heteroatoms. The molecule has 0 fully saturated rings. The van der Waals surface area contributed by atoms with Gasteiger partial charge >= 0.3 is 6.18 Å². The first-order valence-electron chi connectivity index (χ1n) is 15.0. The van der Waals surface area contributed by atoms with Crippen LogP contribution < -0.4 is 20.4 Å². The molecule has 2 aliphatic rings. The van der Waals surface area contributed by atoms with Gasteiger partial charge in [-0.2, -0.15) is 13.2 Å². The van der Waals surface area contributed by atoms with Gasteiger partial charge in [0.15, 0.2) is 5.72 Å². The van der Waals surface area contributed by atoms with Crippen molar-refractivity contribution in [1.29, 1.82) is 0 Å². The number of hydrogen-bond donors (Lipinski definition) is 3. The molecule has 0 bridgehead atoms. The molecule has 9 nitrogen and oxygen atoms in total. The first kappa shape index (κ1) is 37.1. The fourth-order valence-electron chi connectivity index (χ4n) is 5.67. The Hall–Kier alpha value is -4.19. The Balaban J connectivity index is 1.74. The van der Waals surface area contributed by atoms with Gasteiger partial charge in [-0.1, -0.05) is 31.2 Å². The lowest BCUT2D eigenvalue weighted by Gasteiger charge is -2.39. The van der Waals surface area contributed by atoms with Crippen molar-refractivity contribution < 1.29 is 55.0 Å². The van der Waals surface area contributed by atoms with Crippen LogP contribution in [0.3, 0.4) is 0 Å². The van der Waals surface area contributed by atoms with Crippen LogP contribution in [-0.2, 0) is 21.4 Å². The van der Waals surface area contributed by atoms with Gasteiger partial charge in [-0.25, -0.2) is 17.6 Å². The van der Waals surface area contributed by atoms with Gasteiger partial charge in [-0.15, -0.1) is 0 Å². The summed E-state index contributed by atoms with van der Waals surface area (Å²) < 4.78 is 103. The maximum Gasteiger partial charge on any atom is 0.416 e. The molecule has 0 aliphatic carbocycles. The van der Waals surface area contributed by atoms with Crippen molar-refractivity contribution in [1.82, 2.24) is 5.32 Å². The lowest BCUT2D eigenvalue weighted by atomic mass is 9.90. The Morgan fingerprint density at radius 1 is 1.10 bits per heavy atom. The number of ether oxygens (including phenoxy) is 1. The van der Waals surface area contributed by atoms with E-state index in [4.69, 9.17) is 16.3 Å². The SMILES string of the molecule is C[Si](C)(C)CCOCN1C(=O)CN(CC(F)F)c2cc(NC(=O)c3cc(F)cc(C(F)(F)F)c3)c3c(c21)C(=O)NC3(O)c1cc(F)ccc1Cl. The van der Waals surface area contributed by atoms with Gasteiger partial charge in [-0.05, 0) is 48.5 Å². The van der Waals surface area contributed by atoms with E-state index in [1.165, 1.54) is 0 Å². The van der Waals surface area contributed by atoms with Gasteiger partial charge in [0.25, 0.3) is 18.2 Å². The number of anilines is 3. The number of aliphatic hydroxyl groups is 1. The van der Waals surface area contributed by atoms with Crippen LogP contribution in [0.4, 0.5) is 47.8 Å². The Bertz CT molecular complexity index is 1870. The van der Waals surface area contributed by atoms with Crippen molar-refractivity contribution in [2.75, 3.05) is 41.5 Å². The molecule has 50 heavy (non-hydrogen) atoms. The largest absolute Gasteiger partial charge is 0.416 e. The Morgan fingerprint density at radius 2 is 1.80 bits per heavy atom. The number of fused-ring (bicyclic) bond motifs is 3. The second kappa shape index (κ2) is 13.5. The molecule has 268 valence electrons. The number of carbonyl (C=O) groups excluding carboxylic acids is 3. The van der Waals surface area contributed by atoms with Gasteiger partial charge in [0.05, 0.1) is 41.3 Å². The second-order valence-corrected chi connectivity index (χ2v) is 19.0. The number of amides is 3. The first-order chi connectivity index (χ1) is 23.2. The molecule has 2 heterocycles. The summed E-state index contributed by atoms with van der Waals surface area (Å²) in [6.45, 7) is 4.33. The molecule has 0 spiro atoms. The number of rotatable bonds is 10. The summed E-state index contributed by atoms with van der Waals surface area (Å²) in [5.41, 5.74) is -7.66. The quantitative estimate of drug-likeness (QED) is 0.123. The molecule has 3 amide bonds. The van der Waals surface area contributed by atoms with E-state index in [-0.39, 0.29) is 29.1 Å². The van der Waals surface area contributed by atoms with E-state index in [0.29, 0.717) is 18.2 Å². The summed E-state index contributed by atoms with van der Waals surface area (Å²) in [4.78, 5) is 42.7. The minimum Gasteiger partial charge on any atom is -0.363 e. The molecular weight excluding hydrogens is 717 g/mol. The first-order valence-corrected chi connectivity index (χ1v) is 19.1. The number of carbonyl (C=O) groups is 3. The minimum absolute atomic E-state index is 0.167. The smallest absolute Gasteiger partial charge is 0.363 e. The van der Waals surface area contributed by atoms with Crippen LogP contribution in [-0.4, -0.2) is 63.8 Å². The highest BCUT2D eigenvalue weighted by molar-refractivity contribution is 6.76. The third-order valence-electron chi connectivity index (χ3n) is 8.03. The third-order valence-corrected chi connectivity index (χ3v) is 10.1. The van der Waals surface area contributed by atoms with E-state index in [1.807, 2.05) is 0 Å². The van der Waals surface area contributed by atoms with E-state index in [1.54, 1.807) is 0 Å². The topological polar surface area (TPSA) is 111 Å². The maximum absolute atomic E-state index is 14.5. The maximum atomic E-state index is 14.5. The van der Waals surface area contributed by atoms with Crippen LogP contribution in [0.25, 0.3) is 0 Å². The Kier molecular flexibility index (Phi) is 10.0. The molecule has 3 aromatic carbocycles. The molecule has 3 aromatic rings. The van der Waals surface area contributed by atoms with Crippen LogP contribution in [0, 0.1) is 11.6 Å². The number of halogens is 8. The van der Waals surface area contributed by atoms with Gasteiger partial charge < -0.3 is 25.4 Å². The average molecular weight is 747 g/mol. The van der Waals surface area contributed by atoms with Crippen molar-refractivity contribution in [2.24, 2.45) is 0 Å². The molecule has 0 radical (unpaired) electrons. The number of nitrogens with zero attached hydrogens (tertiary/aromatic N) is 2. The molecule has 1 unspecified atom stereocenters. The standard InChI is InChI=1S/C32H30ClF7N4O5Si/c1-50(2,3)7-6-49-15-44-25(45)14-43(13-24(36)37)23-12-22(41-29(46)16-8-17(32(38,39)40)10-19(35)9-16)27-26(28(23)44)30(47)42-31(27,48)20-11-18(34)4-5-21(20)33/h4-5,8-12,24,48H,6-7,13-15H2,1-3H3,(H,41,46)(H,42,47). The highest BCUT2D eigenvalue weighted by Gasteiger charge is 2.51. The summed E-state index contributed by atoms with van der Waals surface area (Å²) in [6, 6.07) is 5.51. The van der Waals surface area contributed by atoms with E-state index in [9.17, 15) is 50.2 Å². The second-order valence-electron chi connectivity index (χ2n) is 13.0. The Labute approximate surface area is 286 Å². The molecule has 0 aromatic heterocycles. The molecule has 5 rings (SSSR count). The van der Waals surface area contributed by atoms with Gasteiger partial charge in [0.1, 0.15) is 18.4 Å². The van der Waals surface area contributed by atoms with Gasteiger partial charge in [-0.3, -0.25) is 19.3 Å². The highest BCUT2D eigenvalue weighted by Crippen LogP contribution is 2.51. The van der Waals surface area contributed by atoms with Crippen LogP contribution in [0.5, 0.6) is 0 Å². The van der Waals surface area contributed by atoms with E-state index < -0.39 is 109 Å². The number of hydrogen-bond acceptors (Lipinski definition) is 6. The predicted molar refractivity (Wildman–Crippen MR) is 172 cm³/mol. The Morgan fingerprint density at radius 3 is 2.44 bits per heavy atom. The monoisotopic (exact) mass is 746 g/mol. The van der Waals surface area contributed by atoms with Crippen LogP contribution in [0.1, 0.15) is 37.4 Å². The summed E-state index contributed by atoms with van der Waals surface area (Å²) >= 11 is 6.32. The summed E-state index contributed by atoms with van der Waals surface area (Å²) in [5, 5.41) is 16.4. The van der Waals surface area contributed by atoms with Crippen molar-refractivity contribution in [2.45, 2.75) is 44.0 Å². The summed E-state index contributed by atoms with van der Waals surface area (Å²) in [5.74, 6) is -5.56. The molecule has 0 saturated heterocycles. The highest BCUT2D eigenvalue weighted by atomic mass is 35.5. The number of alkyl halides is 5. The summed E-state index contributed by atoms with van der Waals surface area (Å²) in [6.07, 6.45) is -8.05. The van der Waals surface area contributed by atoms with Crippen LogP contribution in [0.15, 0.2) is 42.5 Å². The van der Waals surface area contributed by atoms with Crippen molar-refractivity contribution in [3.63, 3.8) is 0 Å². The third kappa shape index (κ3) is 7.45. The summed E-state index contributed by atoms with van der Waals surface area (Å²) in [7, 11) is -1.61. The zero-order valence-electron chi connectivity index (χ0n) is 26.7. The zero-order chi connectivity index (χ0) is 36.9. The van der Waals surface area contributed by atoms with Gasteiger partial charge in [0.2, 0.25) is 5.91 Å². The fourth-order valence-corrected chi connectivity index (χ4v) is 6.68. The molecule has 1 atom stereocenters. The molecule has 2 aliphatic heterocycles.